The first-order valence-electron chi connectivity index (χ1n) is 6.80. The van der Waals surface area contributed by atoms with Gasteiger partial charge in [0.15, 0.2) is 0 Å². The highest BCUT2D eigenvalue weighted by atomic mass is 35.5. The van der Waals surface area contributed by atoms with Crippen LogP contribution in [0.4, 0.5) is 15.8 Å². The average molecular weight is 286 g/mol. The molecule has 1 aromatic rings. The minimum atomic E-state index is -0.441. The van der Waals surface area contributed by atoms with Gasteiger partial charge < -0.3 is 11.1 Å². The van der Waals surface area contributed by atoms with E-state index in [9.17, 15) is 4.39 Å². The summed E-state index contributed by atoms with van der Waals surface area (Å²) in [5.41, 5.74) is 6.93. The van der Waals surface area contributed by atoms with Gasteiger partial charge in [0.1, 0.15) is 5.82 Å². The SMILES string of the molecule is CC(CNc1cc(F)c(Cl)cc1N)N1CCCCC1. The number of likely N-dealkylation sites (tertiary alicyclic amines) is 1. The van der Waals surface area contributed by atoms with Crippen molar-refractivity contribution in [2.45, 2.75) is 32.2 Å². The summed E-state index contributed by atoms with van der Waals surface area (Å²) in [6.45, 7) is 5.23. The van der Waals surface area contributed by atoms with Crippen LogP contribution in [0, 0.1) is 5.82 Å². The van der Waals surface area contributed by atoms with E-state index in [1.54, 1.807) is 0 Å². The molecule has 3 N–H and O–H groups in total. The smallest absolute Gasteiger partial charge is 0.143 e. The number of halogens is 2. The van der Waals surface area contributed by atoms with Crippen LogP contribution in [-0.4, -0.2) is 30.6 Å². The molecule has 0 aliphatic carbocycles. The summed E-state index contributed by atoms with van der Waals surface area (Å²) < 4.78 is 13.4. The Hall–Kier alpha value is -1.00. The first kappa shape index (κ1) is 14.4. The summed E-state index contributed by atoms with van der Waals surface area (Å²) in [7, 11) is 0. The van der Waals surface area contributed by atoms with Crippen LogP contribution in [0.5, 0.6) is 0 Å². The highest BCUT2D eigenvalue weighted by Crippen LogP contribution is 2.26. The van der Waals surface area contributed by atoms with E-state index in [2.05, 4.69) is 17.1 Å². The Morgan fingerprint density at radius 2 is 2.05 bits per heavy atom. The normalized spacial score (nSPS) is 18.3. The molecule has 3 nitrogen and oxygen atoms in total. The van der Waals surface area contributed by atoms with Gasteiger partial charge in [-0.2, -0.15) is 0 Å². The molecule has 1 heterocycles. The predicted molar refractivity (Wildman–Crippen MR) is 79.2 cm³/mol. The van der Waals surface area contributed by atoms with E-state index in [0.717, 1.165) is 19.6 Å². The van der Waals surface area contributed by atoms with Crippen molar-refractivity contribution in [3.63, 3.8) is 0 Å². The zero-order valence-corrected chi connectivity index (χ0v) is 12.0. The molecular formula is C14H21ClFN3. The largest absolute Gasteiger partial charge is 0.397 e. The number of piperidine rings is 1. The summed E-state index contributed by atoms with van der Waals surface area (Å²) in [6.07, 6.45) is 3.86. The Labute approximate surface area is 118 Å². The summed E-state index contributed by atoms with van der Waals surface area (Å²) in [5, 5.41) is 3.27. The number of nitrogens with one attached hydrogen (secondary N) is 1. The summed E-state index contributed by atoms with van der Waals surface area (Å²) in [4.78, 5) is 2.46. The molecule has 1 aliphatic heterocycles. The highest BCUT2D eigenvalue weighted by molar-refractivity contribution is 6.31. The molecule has 0 bridgehead atoms. The maximum Gasteiger partial charge on any atom is 0.143 e. The lowest BCUT2D eigenvalue weighted by Crippen LogP contribution is -2.41. The molecule has 1 unspecified atom stereocenters. The number of rotatable bonds is 4. The Bertz CT molecular complexity index is 433. The van der Waals surface area contributed by atoms with Crippen molar-refractivity contribution >= 4 is 23.0 Å². The van der Waals surface area contributed by atoms with Crippen molar-refractivity contribution in [2.75, 3.05) is 30.7 Å². The molecule has 1 fully saturated rings. The lowest BCUT2D eigenvalue weighted by molar-refractivity contribution is 0.180. The number of benzene rings is 1. The minimum Gasteiger partial charge on any atom is -0.397 e. The molecule has 0 aromatic heterocycles. The molecule has 1 aromatic carbocycles. The first-order valence-corrected chi connectivity index (χ1v) is 7.18. The van der Waals surface area contributed by atoms with Gasteiger partial charge in [0.25, 0.3) is 0 Å². The van der Waals surface area contributed by atoms with Crippen molar-refractivity contribution in [2.24, 2.45) is 0 Å². The van der Waals surface area contributed by atoms with Crippen molar-refractivity contribution in [1.82, 2.24) is 4.90 Å². The third-order valence-corrected chi connectivity index (χ3v) is 3.98. The molecule has 1 saturated heterocycles. The number of nitrogen functional groups attached to an aromatic ring is 1. The zero-order chi connectivity index (χ0) is 13.8. The summed E-state index contributed by atoms with van der Waals surface area (Å²) in [6, 6.07) is 3.23. The van der Waals surface area contributed by atoms with E-state index in [0.29, 0.717) is 17.4 Å². The fourth-order valence-corrected chi connectivity index (χ4v) is 2.63. The van der Waals surface area contributed by atoms with Gasteiger partial charge in [-0.25, -0.2) is 4.39 Å². The van der Waals surface area contributed by atoms with Crippen LogP contribution in [0.15, 0.2) is 12.1 Å². The lowest BCUT2D eigenvalue weighted by atomic mass is 10.1. The molecule has 0 saturated carbocycles. The van der Waals surface area contributed by atoms with Crippen LogP contribution in [0.1, 0.15) is 26.2 Å². The second-order valence-electron chi connectivity index (χ2n) is 5.18. The number of hydrogen-bond acceptors (Lipinski definition) is 3. The van der Waals surface area contributed by atoms with Crippen LogP contribution in [0.2, 0.25) is 5.02 Å². The maximum absolute atomic E-state index is 13.4. The Morgan fingerprint density at radius 1 is 1.37 bits per heavy atom. The molecule has 0 amide bonds. The molecule has 106 valence electrons. The third-order valence-electron chi connectivity index (χ3n) is 3.69. The quantitative estimate of drug-likeness (QED) is 0.834. The van der Waals surface area contributed by atoms with Gasteiger partial charge in [-0.15, -0.1) is 0 Å². The highest BCUT2D eigenvalue weighted by Gasteiger charge is 2.16. The predicted octanol–water partition coefficient (Wildman–Crippen LogP) is 3.35. The molecule has 1 atom stereocenters. The Morgan fingerprint density at radius 3 is 2.74 bits per heavy atom. The maximum atomic E-state index is 13.4. The minimum absolute atomic E-state index is 0.0622. The van der Waals surface area contributed by atoms with Crippen LogP contribution >= 0.6 is 11.6 Å². The van der Waals surface area contributed by atoms with Crippen molar-refractivity contribution in [1.29, 1.82) is 0 Å². The molecule has 5 heteroatoms. The monoisotopic (exact) mass is 285 g/mol. The standard InChI is InChI=1S/C14H21ClFN3/c1-10(19-5-3-2-4-6-19)9-18-14-8-12(16)11(15)7-13(14)17/h7-8,10,18H,2-6,9,17H2,1H3. The number of anilines is 2. The van der Waals surface area contributed by atoms with Gasteiger partial charge in [0.2, 0.25) is 0 Å². The lowest BCUT2D eigenvalue weighted by Gasteiger charge is -2.32. The van der Waals surface area contributed by atoms with Crippen molar-refractivity contribution in [3.8, 4) is 0 Å². The number of nitrogens with two attached hydrogens (primary N) is 1. The van der Waals surface area contributed by atoms with Crippen LogP contribution in [0.3, 0.4) is 0 Å². The molecule has 0 spiro atoms. The molecule has 1 aliphatic rings. The van der Waals surface area contributed by atoms with Gasteiger partial charge in [-0.05, 0) is 38.9 Å². The van der Waals surface area contributed by atoms with Gasteiger partial charge in [0, 0.05) is 18.7 Å². The average Bonchev–Trinajstić information content (AvgIpc) is 2.42. The summed E-state index contributed by atoms with van der Waals surface area (Å²) in [5.74, 6) is -0.441. The zero-order valence-electron chi connectivity index (χ0n) is 11.3. The van der Waals surface area contributed by atoms with Gasteiger partial charge in [-0.1, -0.05) is 18.0 Å². The second-order valence-corrected chi connectivity index (χ2v) is 5.59. The number of hydrogen-bond donors (Lipinski definition) is 2. The fourth-order valence-electron chi connectivity index (χ4n) is 2.46. The second kappa shape index (κ2) is 6.44. The topological polar surface area (TPSA) is 41.3 Å². The van der Waals surface area contributed by atoms with E-state index in [-0.39, 0.29) is 5.02 Å². The van der Waals surface area contributed by atoms with E-state index in [4.69, 9.17) is 17.3 Å². The van der Waals surface area contributed by atoms with Gasteiger partial charge in [0.05, 0.1) is 16.4 Å². The molecule has 19 heavy (non-hydrogen) atoms. The Kier molecular flexibility index (Phi) is 4.88. The fraction of sp³-hybridized carbons (Fsp3) is 0.571. The van der Waals surface area contributed by atoms with Gasteiger partial charge >= 0.3 is 0 Å². The van der Waals surface area contributed by atoms with Crippen molar-refractivity contribution in [3.05, 3.63) is 23.0 Å². The first-order chi connectivity index (χ1) is 9.08. The van der Waals surface area contributed by atoms with Crippen LogP contribution in [-0.2, 0) is 0 Å². The Balaban J connectivity index is 1.92. The molecule has 0 radical (unpaired) electrons. The number of nitrogens with zero attached hydrogens (tertiary/aromatic N) is 1. The molecular weight excluding hydrogens is 265 g/mol. The van der Waals surface area contributed by atoms with E-state index >= 15 is 0 Å². The molecule has 2 rings (SSSR count). The summed E-state index contributed by atoms with van der Waals surface area (Å²) >= 11 is 5.68. The third kappa shape index (κ3) is 3.74. The van der Waals surface area contributed by atoms with Crippen LogP contribution < -0.4 is 11.1 Å². The van der Waals surface area contributed by atoms with E-state index < -0.39 is 5.82 Å². The van der Waals surface area contributed by atoms with E-state index in [1.807, 2.05) is 0 Å². The van der Waals surface area contributed by atoms with Gasteiger partial charge in [-0.3, -0.25) is 4.90 Å². The van der Waals surface area contributed by atoms with Crippen molar-refractivity contribution < 1.29 is 4.39 Å². The van der Waals surface area contributed by atoms with E-state index in [1.165, 1.54) is 31.4 Å². The van der Waals surface area contributed by atoms with Crippen LogP contribution in [0.25, 0.3) is 0 Å².